The maximum absolute atomic E-state index is 3.59. The molecule has 1 aromatic rings. The van der Waals surface area contributed by atoms with E-state index < -0.39 is 0 Å². The van der Waals surface area contributed by atoms with Gasteiger partial charge in [-0.3, -0.25) is 0 Å². The number of hydrogen-bond donors (Lipinski definition) is 1. The van der Waals surface area contributed by atoms with E-state index in [0.29, 0.717) is 6.04 Å². The minimum atomic E-state index is 0.233. The number of benzene rings is 1. The SMILES string of the molecule is CCCNC(C)CC(C)(C)c1cc(C)cc(C)c1. The van der Waals surface area contributed by atoms with Crippen LogP contribution in [-0.2, 0) is 5.41 Å². The van der Waals surface area contributed by atoms with Crippen molar-refractivity contribution in [2.75, 3.05) is 6.54 Å². The van der Waals surface area contributed by atoms with E-state index in [1.165, 1.54) is 29.5 Å². The van der Waals surface area contributed by atoms with Gasteiger partial charge in [0.15, 0.2) is 0 Å². The molecule has 1 nitrogen and oxygen atoms in total. The Kier molecular flexibility index (Phi) is 5.40. The highest BCUT2D eigenvalue weighted by Crippen LogP contribution is 2.29. The van der Waals surface area contributed by atoms with Gasteiger partial charge in [-0.2, -0.15) is 0 Å². The summed E-state index contributed by atoms with van der Waals surface area (Å²) in [5, 5.41) is 3.59. The molecule has 0 aromatic heterocycles. The lowest BCUT2D eigenvalue weighted by atomic mass is 9.78. The second-order valence-electron chi connectivity index (χ2n) is 6.32. The Hall–Kier alpha value is -0.820. The topological polar surface area (TPSA) is 12.0 Å². The Morgan fingerprint density at radius 2 is 1.67 bits per heavy atom. The fourth-order valence-electron chi connectivity index (χ4n) is 2.71. The number of rotatable bonds is 6. The first-order valence-electron chi connectivity index (χ1n) is 7.17. The first-order chi connectivity index (χ1) is 8.35. The average molecular weight is 247 g/mol. The Morgan fingerprint density at radius 1 is 1.11 bits per heavy atom. The van der Waals surface area contributed by atoms with E-state index in [9.17, 15) is 0 Å². The minimum absolute atomic E-state index is 0.233. The van der Waals surface area contributed by atoms with Gasteiger partial charge in [-0.1, -0.05) is 50.1 Å². The molecule has 1 unspecified atom stereocenters. The molecular formula is C17H29N. The number of nitrogens with one attached hydrogen (secondary N) is 1. The molecule has 1 rings (SSSR count). The highest BCUT2D eigenvalue weighted by atomic mass is 14.9. The Bertz CT molecular complexity index is 359. The molecule has 102 valence electrons. The lowest BCUT2D eigenvalue weighted by Crippen LogP contribution is -2.33. The molecule has 0 saturated heterocycles. The van der Waals surface area contributed by atoms with Crippen molar-refractivity contribution < 1.29 is 0 Å². The van der Waals surface area contributed by atoms with Crippen LogP contribution < -0.4 is 5.32 Å². The van der Waals surface area contributed by atoms with Gasteiger partial charge in [0.25, 0.3) is 0 Å². The van der Waals surface area contributed by atoms with Crippen LogP contribution in [0.25, 0.3) is 0 Å². The summed E-state index contributed by atoms with van der Waals surface area (Å²) in [7, 11) is 0. The first kappa shape index (κ1) is 15.2. The molecule has 0 heterocycles. The van der Waals surface area contributed by atoms with Gasteiger partial charge in [-0.05, 0) is 51.1 Å². The predicted molar refractivity (Wildman–Crippen MR) is 81.3 cm³/mol. The second kappa shape index (κ2) is 6.38. The molecule has 1 N–H and O–H groups in total. The second-order valence-corrected chi connectivity index (χ2v) is 6.32. The molecule has 0 spiro atoms. The van der Waals surface area contributed by atoms with Gasteiger partial charge in [0.1, 0.15) is 0 Å². The van der Waals surface area contributed by atoms with E-state index in [1.807, 2.05) is 0 Å². The molecule has 18 heavy (non-hydrogen) atoms. The highest BCUT2D eigenvalue weighted by molar-refractivity contribution is 5.33. The molecule has 0 radical (unpaired) electrons. The van der Waals surface area contributed by atoms with Crippen molar-refractivity contribution in [3.05, 3.63) is 34.9 Å². The van der Waals surface area contributed by atoms with Crippen molar-refractivity contribution in [2.45, 2.75) is 65.8 Å². The van der Waals surface area contributed by atoms with Crippen molar-refractivity contribution in [3.63, 3.8) is 0 Å². The fraction of sp³-hybridized carbons (Fsp3) is 0.647. The van der Waals surface area contributed by atoms with E-state index in [1.54, 1.807) is 0 Å². The number of aryl methyl sites for hydroxylation is 2. The molecule has 0 aliphatic rings. The quantitative estimate of drug-likeness (QED) is 0.787. The number of hydrogen-bond acceptors (Lipinski definition) is 1. The van der Waals surface area contributed by atoms with Crippen LogP contribution in [0.5, 0.6) is 0 Å². The molecule has 1 atom stereocenters. The van der Waals surface area contributed by atoms with Gasteiger partial charge >= 0.3 is 0 Å². The van der Waals surface area contributed by atoms with Gasteiger partial charge in [0, 0.05) is 6.04 Å². The van der Waals surface area contributed by atoms with Crippen LogP contribution in [0.4, 0.5) is 0 Å². The summed E-state index contributed by atoms with van der Waals surface area (Å²) in [5.41, 5.74) is 4.43. The average Bonchev–Trinajstić information content (AvgIpc) is 2.24. The van der Waals surface area contributed by atoms with Crippen LogP contribution in [0.3, 0.4) is 0 Å². The van der Waals surface area contributed by atoms with E-state index >= 15 is 0 Å². The molecule has 0 bridgehead atoms. The summed E-state index contributed by atoms with van der Waals surface area (Å²) in [6, 6.07) is 7.48. The molecule has 0 saturated carbocycles. The van der Waals surface area contributed by atoms with Crippen molar-refractivity contribution in [1.29, 1.82) is 0 Å². The molecule has 0 fully saturated rings. The first-order valence-corrected chi connectivity index (χ1v) is 7.17. The van der Waals surface area contributed by atoms with Gasteiger partial charge in [0.05, 0.1) is 0 Å². The molecular weight excluding hydrogens is 218 g/mol. The van der Waals surface area contributed by atoms with E-state index in [-0.39, 0.29) is 5.41 Å². The molecule has 0 amide bonds. The van der Waals surface area contributed by atoms with Gasteiger partial charge in [-0.25, -0.2) is 0 Å². The smallest absolute Gasteiger partial charge is 0.00470 e. The largest absolute Gasteiger partial charge is 0.314 e. The van der Waals surface area contributed by atoms with E-state index in [0.717, 1.165) is 6.54 Å². The standard InChI is InChI=1S/C17H29N/c1-7-8-18-15(4)12-17(5,6)16-10-13(2)9-14(3)11-16/h9-11,15,18H,7-8,12H2,1-6H3. The summed E-state index contributed by atoms with van der Waals surface area (Å²) in [4.78, 5) is 0. The van der Waals surface area contributed by atoms with E-state index in [4.69, 9.17) is 0 Å². The van der Waals surface area contributed by atoms with Crippen molar-refractivity contribution >= 4 is 0 Å². The molecule has 1 heteroatoms. The van der Waals surface area contributed by atoms with E-state index in [2.05, 4.69) is 65.1 Å². The fourth-order valence-corrected chi connectivity index (χ4v) is 2.71. The Labute approximate surface area is 113 Å². The van der Waals surface area contributed by atoms with Crippen LogP contribution in [0.1, 0.15) is 57.2 Å². The van der Waals surface area contributed by atoms with Crippen LogP contribution in [0, 0.1) is 13.8 Å². The lowest BCUT2D eigenvalue weighted by molar-refractivity contribution is 0.389. The minimum Gasteiger partial charge on any atom is -0.314 e. The third-order valence-corrected chi connectivity index (χ3v) is 3.56. The van der Waals surface area contributed by atoms with Crippen LogP contribution in [0.15, 0.2) is 18.2 Å². The zero-order chi connectivity index (χ0) is 13.8. The normalized spacial score (nSPS) is 13.7. The summed E-state index contributed by atoms with van der Waals surface area (Å²) >= 11 is 0. The molecule has 0 aliphatic carbocycles. The third-order valence-electron chi connectivity index (χ3n) is 3.56. The summed E-state index contributed by atoms with van der Waals surface area (Å²) in [6.45, 7) is 14.7. The van der Waals surface area contributed by atoms with Gasteiger partial charge in [-0.15, -0.1) is 0 Å². The zero-order valence-electron chi connectivity index (χ0n) is 12.9. The van der Waals surface area contributed by atoms with Crippen LogP contribution >= 0.6 is 0 Å². The van der Waals surface area contributed by atoms with Crippen LogP contribution in [-0.4, -0.2) is 12.6 Å². The zero-order valence-corrected chi connectivity index (χ0v) is 12.9. The van der Waals surface area contributed by atoms with Gasteiger partial charge in [0.2, 0.25) is 0 Å². The summed E-state index contributed by atoms with van der Waals surface area (Å²) in [6.07, 6.45) is 2.38. The van der Waals surface area contributed by atoms with Crippen molar-refractivity contribution in [3.8, 4) is 0 Å². The highest BCUT2D eigenvalue weighted by Gasteiger charge is 2.23. The summed E-state index contributed by atoms with van der Waals surface area (Å²) in [5.74, 6) is 0. The molecule has 0 aliphatic heterocycles. The Morgan fingerprint density at radius 3 is 2.17 bits per heavy atom. The molecule has 1 aromatic carbocycles. The Balaban J connectivity index is 2.78. The third kappa shape index (κ3) is 4.45. The van der Waals surface area contributed by atoms with Crippen LogP contribution in [0.2, 0.25) is 0 Å². The lowest BCUT2D eigenvalue weighted by Gasteiger charge is -2.30. The maximum atomic E-state index is 3.59. The maximum Gasteiger partial charge on any atom is 0.00470 e. The van der Waals surface area contributed by atoms with Crippen molar-refractivity contribution in [2.24, 2.45) is 0 Å². The monoisotopic (exact) mass is 247 g/mol. The summed E-state index contributed by atoms with van der Waals surface area (Å²) < 4.78 is 0. The van der Waals surface area contributed by atoms with Gasteiger partial charge < -0.3 is 5.32 Å². The predicted octanol–water partition coefficient (Wildman–Crippen LogP) is 4.36. The van der Waals surface area contributed by atoms with Crippen molar-refractivity contribution in [1.82, 2.24) is 5.32 Å².